The van der Waals surface area contributed by atoms with Crippen molar-refractivity contribution in [2.24, 2.45) is 0 Å². The van der Waals surface area contributed by atoms with Crippen LogP contribution in [0, 0.1) is 10.1 Å². The van der Waals surface area contributed by atoms with E-state index in [0.717, 1.165) is 16.7 Å². The molecule has 132 valence electrons. The molecule has 0 spiro atoms. The average molecular weight is 362 g/mol. The van der Waals surface area contributed by atoms with Crippen molar-refractivity contribution in [3.63, 3.8) is 0 Å². The number of hydrogen-bond acceptors (Lipinski definition) is 4. The van der Waals surface area contributed by atoms with Gasteiger partial charge in [-0.1, -0.05) is 56.6 Å². The normalized spacial score (nSPS) is 11.2. The maximum absolute atomic E-state index is 11.7. The summed E-state index contributed by atoms with van der Waals surface area (Å²) in [6.07, 6.45) is 0.0900. The number of hydrogen-bond donors (Lipinski definition) is 0. The molecule has 0 saturated carbocycles. The highest BCUT2D eigenvalue weighted by Gasteiger charge is 2.20. The first-order valence-electron chi connectivity index (χ1n) is 7.78. The number of benzene rings is 2. The molecule has 0 aliphatic heterocycles. The molecule has 0 unspecified atom stereocenters. The van der Waals surface area contributed by atoms with Crippen LogP contribution in [-0.4, -0.2) is 18.0 Å². The van der Waals surface area contributed by atoms with Crippen molar-refractivity contribution in [1.82, 2.24) is 0 Å². The molecule has 0 bridgehead atoms. The van der Waals surface area contributed by atoms with Crippen LogP contribution in [0.1, 0.15) is 31.9 Å². The van der Waals surface area contributed by atoms with Crippen LogP contribution < -0.4 is 0 Å². The molecule has 2 aromatic carbocycles. The fourth-order valence-electron chi connectivity index (χ4n) is 2.51. The third-order valence-corrected chi connectivity index (χ3v) is 4.31. The lowest BCUT2D eigenvalue weighted by Gasteiger charge is -2.21. The maximum Gasteiger partial charge on any atom is 0.309 e. The molecular weight excluding hydrogens is 342 g/mol. The molecular formula is C19H20ClNO4. The summed E-state index contributed by atoms with van der Waals surface area (Å²) in [5.41, 5.74) is 2.95. The van der Waals surface area contributed by atoms with Crippen LogP contribution in [0.5, 0.6) is 0 Å². The predicted octanol–water partition coefficient (Wildman–Crippen LogP) is 4.93. The van der Waals surface area contributed by atoms with Gasteiger partial charge < -0.3 is 4.74 Å². The van der Waals surface area contributed by atoms with Gasteiger partial charge in [-0.05, 0) is 33.7 Å². The second-order valence-corrected chi connectivity index (χ2v) is 7.21. The summed E-state index contributed by atoms with van der Waals surface area (Å²) in [5.74, 6) is -0.367. The number of methoxy groups -OCH3 is 1. The molecule has 5 nitrogen and oxygen atoms in total. The molecule has 6 heteroatoms. The number of nitro benzene ring substituents is 1. The summed E-state index contributed by atoms with van der Waals surface area (Å²) in [6.45, 7) is 6.24. The van der Waals surface area contributed by atoms with Gasteiger partial charge in [-0.3, -0.25) is 14.9 Å². The number of rotatable bonds is 4. The molecule has 2 aromatic rings. The van der Waals surface area contributed by atoms with Crippen LogP contribution in [0.25, 0.3) is 11.1 Å². The highest BCUT2D eigenvalue weighted by atomic mass is 35.5. The molecule has 0 aliphatic rings. The van der Waals surface area contributed by atoms with Crippen molar-refractivity contribution >= 4 is 23.3 Å². The van der Waals surface area contributed by atoms with E-state index in [2.05, 4.69) is 20.8 Å². The Labute approximate surface area is 151 Å². The van der Waals surface area contributed by atoms with Gasteiger partial charge in [0.05, 0.1) is 18.5 Å². The van der Waals surface area contributed by atoms with Gasteiger partial charge in [-0.25, -0.2) is 0 Å². The SMILES string of the molecule is COC(=O)Cc1ccc(C(C)(C)C)cc1-c1ccc(Cl)c([N+](=O)[O-])c1. The lowest BCUT2D eigenvalue weighted by Crippen LogP contribution is -2.12. The first kappa shape index (κ1) is 18.9. The maximum atomic E-state index is 11.7. The van der Waals surface area contributed by atoms with Crippen LogP contribution in [0.2, 0.25) is 5.02 Å². The Balaban J connectivity index is 2.65. The molecule has 0 aromatic heterocycles. The minimum atomic E-state index is -0.514. The fourth-order valence-corrected chi connectivity index (χ4v) is 2.70. The van der Waals surface area contributed by atoms with Gasteiger partial charge in [-0.15, -0.1) is 0 Å². The van der Waals surface area contributed by atoms with Crippen molar-refractivity contribution in [3.8, 4) is 11.1 Å². The molecule has 0 amide bonds. The van der Waals surface area contributed by atoms with E-state index < -0.39 is 4.92 Å². The second-order valence-electron chi connectivity index (χ2n) is 6.80. The molecule has 0 N–H and O–H groups in total. The van der Waals surface area contributed by atoms with Crippen molar-refractivity contribution in [3.05, 3.63) is 62.7 Å². The monoisotopic (exact) mass is 361 g/mol. The van der Waals surface area contributed by atoms with E-state index in [1.807, 2.05) is 18.2 Å². The zero-order chi connectivity index (χ0) is 18.8. The first-order chi connectivity index (χ1) is 11.6. The number of esters is 1. The highest BCUT2D eigenvalue weighted by Crippen LogP contribution is 2.35. The van der Waals surface area contributed by atoms with E-state index in [-0.39, 0.29) is 28.5 Å². The minimum Gasteiger partial charge on any atom is -0.469 e. The standard InChI is InChI=1S/C19H20ClNO4/c1-19(2,3)14-7-5-13(10-18(22)25-4)15(11-14)12-6-8-16(20)17(9-12)21(23)24/h5-9,11H,10H2,1-4H3. The number of carbonyl (C=O) groups excluding carboxylic acids is 1. The summed E-state index contributed by atoms with van der Waals surface area (Å²) in [7, 11) is 1.33. The Morgan fingerprint density at radius 2 is 1.88 bits per heavy atom. The summed E-state index contributed by atoms with van der Waals surface area (Å²) >= 11 is 5.91. The van der Waals surface area contributed by atoms with Gasteiger partial charge in [0.1, 0.15) is 5.02 Å². The van der Waals surface area contributed by atoms with Gasteiger partial charge in [0, 0.05) is 6.07 Å². The van der Waals surface area contributed by atoms with Gasteiger partial charge in [0.25, 0.3) is 5.69 Å². The molecule has 0 aliphatic carbocycles. The minimum absolute atomic E-state index is 0.0789. The van der Waals surface area contributed by atoms with Crippen LogP contribution in [-0.2, 0) is 21.4 Å². The van der Waals surface area contributed by atoms with E-state index in [4.69, 9.17) is 16.3 Å². The Morgan fingerprint density at radius 3 is 2.44 bits per heavy atom. The quantitative estimate of drug-likeness (QED) is 0.440. The Kier molecular flexibility index (Phi) is 5.48. The van der Waals surface area contributed by atoms with Gasteiger partial charge in [-0.2, -0.15) is 0 Å². The van der Waals surface area contributed by atoms with Crippen LogP contribution >= 0.6 is 11.6 Å². The molecule has 25 heavy (non-hydrogen) atoms. The predicted molar refractivity (Wildman–Crippen MR) is 98.0 cm³/mol. The molecule has 2 rings (SSSR count). The molecule has 0 fully saturated rings. The Bertz CT molecular complexity index is 825. The van der Waals surface area contributed by atoms with Crippen molar-refractivity contribution in [2.75, 3.05) is 7.11 Å². The summed E-state index contributed by atoms with van der Waals surface area (Å²) in [6, 6.07) is 10.5. The number of nitrogens with zero attached hydrogens (tertiary/aromatic N) is 1. The van der Waals surface area contributed by atoms with E-state index in [9.17, 15) is 14.9 Å². The average Bonchev–Trinajstić information content (AvgIpc) is 2.54. The van der Waals surface area contributed by atoms with E-state index in [0.29, 0.717) is 5.56 Å². The number of ether oxygens (including phenoxy) is 1. The number of nitro groups is 1. The number of halogens is 1. The third kappa shape index (κ3) is 4.37. The molecule has 0 saturated heterocycles. The highest BCUT2D eigenvalue weighted by molar-refractivity contribution is 6.32. The van der Waals surface area contributed by atoms with Gasteiger partial charge in [0.15, 0.2) is 0 Å². The molecule has 0 heterocycles. The van der Waals surface area contributed by atoms with Crippen molar-refractivity contribution < 1.29 is 14.5 Å². The van der Waals surface area contributed by atoms with Crippen LogP contribution in [0.4, 0.5) is 5.69 Å². The van der Waals surface area contributed by atoms with Gasteiger partial charge >= 0.3 is 5.97 Å². The largest absolute Gasteiger partial charge is 0.469 e. The summed E-state index contributed by atoms with van der Waals surface area (Å²) in [5, 5.41) is 11.3. The lowest BCUT2D eigenvalue weighted by atomic mass is 9.83. The smallest absolute Gasteiger partial charge is 0.309 e. The first-order valence-corrected chi connectivity index (χ1v) is 8.16. The van der Waals surface area contributed by atoms with E-state index in [1.165, 1.54) is 19.2 Å². The van der Waals surface area contributed by atoms with E-state index >= 15 is 0 Å². The fraction of sp³-hybridized carbons (Fsp3) is 0.316. The Hall–Kier alpha value is -2.40. The van der Waals surface area contributed by atoms with Crippen LogP contribution in [0.3, 0.4) is 0 Å². The van der Waals surface area contributed by atoms with Crippen molar-refractivity contribution in [1.29, 1.82) is 0 Å². The number of carbonyl (C=O) groups is 1. The molecule has 0 atom stereocenters. The topological polar surface area (TPSA) is 69.4 Å². The Morgan fingerprint density at radius 1 is 1.20 bits per heavy atom. The second kappa shape index (κ2) is 7.23. The van der Waals surface area contributed by atoms with Crippen molar-refractivity contribution in [2.45, 2.75) is 32.6 Å². The lowest BCUT2D eigenvalue weighted by molar-refractivity contribution is -0.384. The van der Waals surface area contributed by atoms with Gasteiger partial charge in [0.2, 0.25) is 0 Å². The molecule has 0 radical (unpaired) electrons. The zero-order valence-electron chi connectivity index (χ0n) is 14.6. The summed E-state index contributed by atoms with van der Waals surface area (Å²) in [4.78, 5) is 22.4. The summed E-state index contributed by atoms with van der Waals surface area (Å²) < 4.78 is 4.76. The van der Waals surface area contributed by atoms with E-state index in [1.54, 1.807) is 6.07 Å². The zero-order valence-corrected chi connectivity index (χ0v) is 15.4. The van der Waals surface area contributed by atoms with Crippen LogP contribution in [0.15, 0.2) is 36.4 Å². The third-order valence-electron chi connectivity index (χ3n) is 3.99.